The molecular weight excluding hydrogens is 154 g/mol. The van der Waals surface area contributed by atoms with Crippen LogP contribution < -0.4 is 16.8 Å². The van der Waals surface area contributed by atoms with E-state index in [1.165, 1.54) is 0 Å². The van der Waals surface area contributed by atoms with Gasteiger partial charge in [0.25, 0.3) is 0 Å². The minimum atomic E-state index is -0.452. The molecule has 1 aliphatic carbocycles. The zero-order chi connectivity index (χ0) is 6.85. The number of halogens is 1. The molecule has 0 aliphatic heterocycles. The first-order valence-corrected chi connectivity index (χ1v) is 3.00. The van der Waals surface area contributed by atoms with Crippen LogP contribution in [0.25, 0.3) is 0 Å². The maximum absolute atomic E-state index is 10.2. The summed E-state index contributed by atoms with van der Waals surface area (Å²) >= 11 is 0. The summed E-state index contributed by atoms with van der Waals surface area (Å²) in [6.07, 6.45) is 1.73. The monoisotopic (exact) mass is 165 g/mol. The highest BCUT2D eigenvalue weighted by atomic mass is 35.5. The van der Waals surface area contributed by atoms with E-state index in [2.05, 4.69) is 5.32 Å². The van der Waals surface area contributed by atoms with Crippen molar-refractivity contribution >= 4 is 18.4 Å². The molecular formula is C5H12ClN3O. The zero-order valence-corrected chi connectivity index (χ0v) is 6.36. The lowest BCUT2D eigenvalue weighted by molar-refractivity contribution is 0.231. The summed E-state index contributed by atoms with van der Waals surface area (Å²) in [5, 5.41) is 2.57. The lowest BCUT2D eigenvalue weighted by Gasteiger charge is -2.32. The third-order valence-corrected chi connectivity index (χ3v) is 1.52. The van der Waals surface area contributed by atoms with Gasteiger partial charge in [-0.3, -0.25) is 0 Å². The van der Waals surface area contributed by atoms with Crippen LogP contribution in [0.5, 0.6) is 0 Å². The largest absolute Gasteiger partial charge is 0.352 e. The van der Waals surface area contributed by atoms with Crippen LogP contribution in [0.15, 0.2) is 0 Å². The van der Waals surface area contributed by atoms with Crippen LogP contribution in [0.1, 0.15) is 12.8 Å². The van der Waals surface area contributed by atoms with Gasteiger partial charge < -0.3 is 16.8 Å². The molecule has 1 saturated carbocycles. The van der Waals surface area contributed by atoms with Gasteiger partial charge in [0.1, 0.15) is 0 Å². The van der Waals surface area contributed by atoms with Crippen molar-refractivity contribution in [2.24, 2.45) is 11.5 Å². The highest BCUT2D eigenvalue weighted by Crippen LogP contribution is 2.16. The summed E-state index contributed by atoms with van der Waals surface area (Å²) in [7, 11) is 0. The van der Waals surface area contributed by atoms with Gasteiger partial charge in [0.2, 0.25) is 0 Å². The molecule has 0 saturated heterocycles. The molecule has 10 heavy (non-hydrogen) atoms. The van der Waals surface area contributed by atoms with Crippen molar-refractivity contribution in [3.63, 3.8) is 0 Å². The maximum atomic E-state index is 10.2. The Kier molecular flexibility index (Phi) is 3.46. The average Bonchev–Trinajstić information content (AvgIpc) is 1.60. The average molecular weight is 166 g/mol. The summed E-state index contributed by atoms with van der Waals surface area (Å²) in [5.74, 6) is 0. The number of carbonyl (C=O) groups excluding carboxylic acids is 1. The van der Waals surface area contributed by atoms with Gasteiger partial charge in [-0.05, 0) is 12.8 Å². The first-order valence-electron chi connectivity index (χ1n) is 3.00. The number of urea groups is 1. The molecule has 1 aliphatic rings. The molecule has 0 spiro atoms. The van der Waals surface area contributed by atoms with Crippen LogP contribution in [0, 0.1) is 0 Å². The Labute approximate surface area is 65.7 Å². The SMILES string of the molecule is Cl.NC(=O)NC1CC(N)C1. The van der Waals surface area contributed by atoms with E-state index in [9.17, 15) is 4.79 Å². The van der Waals surface area contributed by atoms with Crippen molar-refractivity contribution in [1.29, 1.82) is 0 Å². The lowest BCUT2D eigenvalue weighted by atomic mass is 9.88. The summed E-state index contributed by atoms with van der Waals surface area (Å²) in [5.41, 5.74) is 10.3. The molecule has 60 valence electrons. The van der Waals surface area contributed by atoms with Gasteiger partial charge in [-0.15, -0.1) is 12.4 Å². The summed E-state index contributed by atoms with van der Waals surface area (Å²) in [6, 6.07) is 0.0475. The quantitative estimate of drug-likeness (QED) is 0.493. The second-order valence-electron chi connectivity index (χ2n) is 2.44. The molecule has 0 heterocycles. The van der Waals surface area contributed by atoms with Gasteiger partial charge in [-0.25, -0.2) is 4.79 Å². The second kappa shape index (κ2) is 3.63. The molecule has 1 rings (SSSR count). The fourth-order valence-corrected chi connectivity index (χ4v) is 0.981. The van der Waals surface area contributed by atoms with E-state index in [0.717, 1.165) is 12.8 Å². The highest BCUT2D eigenvalue weighted by molar-refractivity contribution is 5.85. The predicted octanol–water partition coefficient (Wildman–Crippen LogP) is -0.434. The van der Waals surface area contributed by atoms with Gasteiger partial charge in [-0.2, -0.15) is 0 Å². The number of hydrogen-bond donors (Lipinski definition) is 3. The standard InChI is InChI=1S/C5H11N3O.ClH/c6-3-1-4(2-3)8-5(7)9;/h3-4H,1-2,6H2,(H3,7,8,9);1H. The zero-order valence-electron chi connectivity index (χ0n) is 5.54. The number of nitrogens with one attached hydrogen (secondary N) is 1. The number of primary amides is 1. The van der Waals surface area contributed by atoms with Gasteiger partial charge in [0.05, 0.1) is 0 Å². The third-order valence-electron chi connectivity index (χ3n) is 1.52. The number of nitrogens with two attached hydrogens (primary N) is 2. The van der Waals surface area contributed by atoms with Crippen LogP contribution in [0.4, 0.5) is 4.79 Å². The van der Waals surface area contributed by atoms with Crippen molar-refractivity contribution in [2.75, 3.05) is 0 Å². The van der Waals surface area contributed by atoms with Gasteiger partial charge in [-0.1, -0.05) is 0 Å². The Morgan fingerprint density at radius 1 is 1.50 bits per heavy atom. The van der Waals surface area contributed by atoms with Gasteiger partial charge in [0.15, 0.2) is 0 Å². The maximum Gasteiger partial charge on any atom is 0.312 e. The van der Waals surface area contributed by atoms with Crippen LogP contribution in [-0.4, -0.2) is 18.1 Å². The molecule has 4 nitrogen and oxygen atoms in total. The normalized spacial score (nSPS) is 29.7. The molecule has 1 fully saturated rings. The molecule has 5 N–H and O–H groups in total. The number of carbonyl (C=O) groups is 1. The van der Waals surface area contributed by atoms with Crippen molar-refractivity contribution in [3.05, 3.63) is 0 Å². The minimum absolute atomic E-state index is 0. The molecule has 0 atom stereocenters. The van der Waals surface area contributed by atoms with E-state index in [1.54, 1.807) is 0 Å². The van der Waals surface area contributed by atoms with E-state index in [0.29, 0.717) is 0 Å². The van der Waals surface area contributed by atoms with Crippen molar-refractivity contribution in [1.82, 2.24) is 5.32 Å². The van der Waals surface area contributed by atoms with E-state index in [1.807, 2.05) is 0 Å². The smallest absolute Gasteiger partial charge is 0.312 e. The summed E-state index contributed by atoms with van der Waals surface area (Å²) in [4.78, 5) is 10.2. The fraction of sp³-hybridized carbons (Fsp3) is 0.800. The molecule has 0 radical (unpaired) electrons. The van der Waals surface area contributed by atoms with Gasteiger partial charge >= 0.3 is 6.03 Å². The minimum Gasteiger partial charge on any atom is -0.352 e. The Morgan fingerprint density at radius 2 is 2.00 bits per heavy atom. The summed E-state index contributed by atoms with van der Waals surface area (Å²) in [6.45, 7) is 0. The highest BCUT2D eigenvalue weighted by Gasteiger charge is 2.26. The van der Waals surface area contributed by atoms with Gasteiger partial charge in [0, 0.05) is 12.1 Å². The van der Waals surface area contributed by atoms with Crippen molar-refractivity contribution in [2.45, 2.75) is 24.9 Å². The molecule has 0 aromatic carbocycles. The topological polar surface area (TPSA) is 81.1 Å². The molecule has 2 amide bonds. The van der Waals surface area contributed by atoms with E-state index in [4.69, 9.17) is 11.5 Å². The Hall–Kier alpha value is -0.480. The van der Waals surface area contributed by atoms with Crippen LogP contribution in [-0.2, 0) is 0 Å². The molecule has 0 unspecified atom stereocenters. The second-order valence-corrected chi connectivity index (χ2v) is 2.44. The van der Waals surface area contributed by atoms with Crippen molar-refractivity contribution in [3.8, 4) is 0 Å². The Bertz CT molecular complexity index is 124. The molecule has 0 bridgehead atoms. The van der Waals surface area contributed by atoms with Crippen LogP contribution >= 0.6 is 12.4 Å². The Balaban J connectivity index is 0.000000810. The van der Waals surface area contributed by atoms with E-state index >= 15 is 0 Å². The summed E-state index contributed by atoms with van der Waals surface area (Å²) < 4.78 is 0. The molecule has 0 aromatic heterocycles. The number of amides is 2. The van der Waals surface area contributed by atoms with E-state index in [-0.39, 0.29) is 24.5 Å². The van der Waals surface area contributed by atoms with E-state index < -0.39 is 6.03 Å². The first-order chi connectivity index (χ1) is 4.18. The molecule has 5 heteroatoms. The van der Waals surface area contributed by atoms with Crippen LogP contribution in [0.2, 0.25) is 0 Å². The fourth-order valence-electron chi connectivity index (χ4n) is 0.981. The number of hydrogen-bond acceptors (Lipinski definition) is 2. The van der Waals surface area contributed by atoms with Crippen molar-refractivity contribution < 1.29 is 4.79 Å². The lowest BCUT2D eigenvalue weighted by Crippen LogP contribution is -2.51. The molecule has 0 aromatic rings. The first kappa shape index (κ1) is 9.52. The Morgan fingerprint density at radius 3 is 2.30 bits per heavy atom. The predicted molar refractivity (Wildman–Crippen MR) is 41.0 cm³/mol. The number of rotatable bonds is 1. The van der Waals surface area contributed by atoms with Crippen LogP contribution in [0.3, 0.4) is 0 Å². The third kappa shape index (κ3) is 2.41.